The topological polar surface area (TPSA) is 55.6 Å². The minimum atomic E-state index is -0.124. The number of benzene rings is 1. The van der Waals surface area contributed by atoms with Crippen molar-refractivity contribution < 1.29 is 0 Å². The molecule has 6 heteroatoms. The molecule has 1 aliphatic rings. The summed E-state index contributed by atoms with van der Waals surface area (Å²) in [7, 11) is 1.99. The summed E-state index contributed by atoms with van der Waals surface area (Å²) in [6.45, 7) is 0. The van der Waals surface area contributed by atoms with Gasteiger partial charge in [-0.3, -0.25) is 0 Å². The highest BCUT2D eigenvalue weighted by Crippen LogP contribution is 2.36. The average molecular weight is 292 g/mol. The third-order valence-corrected chi connectivity index (χ3v) is 4.41. The highest BCUT2D eigenvalue weighted by Gasteiger charge is 2.37. The monoisotopic (exact) mass is 291 g/mol. The Labute approximate surface area is 123 Å². The Morgan fingerprint density at radius 1 is 1.15 bits per heavy atom. The van der Waals surface area contributed by atoms with Crippen LogP contribution in [0.15, 0.2) is 24.3 Å². The van der Waals surface area contributed by atoms with Crippen molar-refractivity contribution in [3.8, 4) is 5.69 Å². The third kappa shape index (κ3) is 2.31. The van der Waals surface area contributed by atoms with E-state index in [9.17, 15) is 0 Å². The molecule has 0 bridgehead atoms. The number of halogens is 1. The van der Waals surface area contributed by atoms with Gasteiger partial charge in [0, 0.05) is 5.02 Å². The second-order valence-electron chi connectivity index (χ2n) is 5.28. The van der Waals surface area contributed by atoms with Gasteiger partial charge >= 0.3 is 0 Å². The van der Waals surface area contributed by atoms with E-state index in [1.165, 1.54) is 19.3 Å². The van der Waals surface area contributed by atoms with E-state index in [2.05, 4.69) is 20.8 Å². The van der Waals surface area contributed by atoms with Crippen LogP contribution in [0.5, 0.6) is 0 Å². The Balaban J connectivity index is 2.02. The lowest BCUT2D eigenvalue weighted by Gasteiger charge is -2.35. The van der Waals surface area contributed by atoms with Gasteiger partial charge in [-0.2, -0.15) is 4.68 Å². The number of hydrogen-bond donors (Lipinski definition) is 1. The van der Waals surface area contributed by atoms with Crippen LogP contribution >= 0.6 is 11.6 Å². The summed E-state index contributed by atoms with van der Waals surface area (Å²) in [6, 6.07) is 7.59. The largest absolute Gasteiger partial charge is 0.308 e. The summed E-state index contributed by atoms with van der Waals surface area (Å²) >= 11 is 5.94. The molecule has 1 aromatic heterocycles. The fourth-order valence-electron chi connectivity index (χ4n) is 2.98. The molecule has 2 aromatic rings. The third-order valence-electron chi connectivity index (χ3n) is 4.15. The molecule has 0 aliphatic heterocycles. The van der Waals surface area contributed by atoms with Crippen LogP contribution < -0.4 is 5.32 Å². The maximum Gasteiger partial charge on any atom is 0.176 e. The molecule has 1 saturated carbocycles. The first-order valence-electron chi connectivity index (χ1n) is 6.99. The lowest BCUT2D eigenvalue weighted by molar-refractivity contribution is 0.232. The van der Waals surface area contributed by atoms with Crippen molar-refractivity contribution in [2.24, 2.45) is 0 Å². The van der Waals surface area contributed by atoms with E-state index < -0.39 is 0 Å². The van der Waals surface area contributed by atoms with Gasteiger partial charge in [0.1, 0.15) is 0 Å². The van der Waals surface area contributed by atoms with Crippen LogP contribution in [-0.2, 0) is 5.54 Å². The number of nitrogens with zero attached hydrogens (tertiary/aromatic N) is 4. The summed E-state index contributed by atoms with van der Waals surface area (Å²) in [5.74, 6) is 0.891. The summed E-state index contributed by atoms with van der Waals surface area (Å²) < 4.78 is 1.82. The van der Waals surface area contributed by atoms with Gasteiger partial charge < -0.3 is 5.32 Å². The molecule has 0 saturated heterocycles. The van der Waals surface area contributed by atoms with Crippen molar-refractivity contribution in [3.63, 3.8) is 0 Å². The van der Waals surface area contributed by atoms with Gasteiger partial charge in [0.05, 0.1) is 11.2 Å². The van der Waals surface area contributed by atoms with Crippen molar-refractivity contribution in [2.75, 3.05) is 7.05 Å². The molecule has 3 rings (SSSR count). The lowest BCUT2D eigenvalue weighted by Crippen LogP contribution is -2.44. The number of nitrogens with one attached hydrogen (secondary N) is 1. The van der Waals surface area contributed by atoms with E-state index in [4.69, 9.17) is 11.6 Å². The number of hydrogen-bond acceptors (Lipinski definition) is 4. The van der Waals surface area contributed by atoms with E-state index in [0.717, 1.165) is 24.4 Å². The van der Waals surface area contributed by atoms with Crippen LogP contribution in [0.1, 0.15) is 37.9 Å². The first-order chi connectivity index (χ1) is 9.75. The SMILES string of the molecule is CNC1(c2nnnn2-c2ccc(Cl)cc2)CCCCC1. The predicted molar refractivity (Wildman–Crippen MR) is 78.0 cm³/mol. The molecule has 5 nitrogen and oxygen atoms in total. The van der Waals surface area contributed by atoms with Crippen molar-refractivity contribution in [2.45, 2.75) is 37.6 Å². The van der Waals surface area contributed by atoms with Crippen molar-refractivity contribution >= 4 is 11.6 Å². The maximum absolute atomic E-state index is 5.94. The zero-order valence-corrected chi connectivity index (χ0v) is 12.3. The zero-order chi connectivity index (χ0) is 14.0. The highest BCUT2D eigenvalue weighted by molar-refractivity contribution is 6.30. The number of aromatic nitrogens is 4. The lowest BCUT2D eigenvalue weighted by atomic mass is 9.81. The van der Waals surface area contributed by atoms with E-state index in [1.807, 2.05) is 36.0 Å². The summed E-state index contributed by atoms with van der Waals surface area (Å²) in [5, 5.41) is 16.5. The molecule has 20 heavy (non-hydrogen) atoms. The van der Waals surface area contributed by atoms with E-state index >= 15 is 0 Å². The molecule has 1 aliphatic carbocycles. The van der Waals surface area contributed by atoms with Gasteiger partial charge in [-0.1, -0.05) is 30.9 Å². The van der Waals surface area contributed by atoms with Crippen LogP contribution in [0.25, 0.3) is 5.69 Å². The smallest absolute Gasteiger partial charge is 0.176 e. The van der Waals surface area contributed by atoms with Gasteiger partial charge in [-0.15, -0.1) is 5.10 Å². The Bertz CT molecular complexity index is 572. The minimum Gasteiger partial charge on any atom is -0.308 e. The minimum absolute atomic E-state index is 0.124. The molecule has 106 valence electrons. The number of tetrazole rings is 1. The van der Waals surface area contributed by atoms with Crippen LogP contribution in [-0.4, -0.2) is 27.3 Å². The molecular formula is C14H18ClN5. The normalized spacial score (nSPS) is 18.1. The van der Waals surface area contributed by atoms with Crippen LogP contribution in [0.4, 0.5) is 0 Å². The molecule has 0 unspecified atom stereocenters. The summed E-state index contributed by atoms with van der Waals surface area (Å²) in [5.41, 5.74) is 0.816. The molecule has 1 N–H and O–H groups in total. The first-order valence-corrected chi connectivity index (χ1v) is 7.37. The molecule has 0 spiro atoms. The Hall–Kier alpha value is -1.46. The fourth-order valence-corrected chi connectivity index (χ4v) is 3.11. The average Bonchev–Trinajstić information content (AvgIpc) is 2.99. The standard InChI is InChI=1S/C14H18ClN5/c1-16-14(9-3-2-4-10-14)13-17-18-19-20(13)12-7-5-11(15)6-8-12/h5-8,16H,2-4,9-10H2,1H3. The van der Waals surface area contributed by atoms with Gasteiger partial charge in [0.25, 0.3) is 0 Å². The van der Waals surface area contributed by atoms with Crippen molar-refractivity contribution in [1.82, 2.24) is 25.5 Å². The van der Waals surface area contributed by atoms with E-state index in [1.54, 1.807) is 0 Å². The van der Waals surface area contributed by atoms with E-state index in [0.29, 0.717) is 5.02 Å². The second-order valence-corrected chi connectivity index (χ2v) is 5.72. The molecule has 1 fully saturated rings. The van der Waals surface area contributed by atoms with Gasteiger partial charge in [-0.05, 0) is 54.6 Å². The molecule has 0 amide bonds. The quantitative estimate of drug-likeness (QED) is 0.945. The predicted octanol–water partition coefficient (Wildman–Crippen LogP) is 2.69. The highest BCUT2D eigenvalue weighted by atomic mass is 35.5. The molecular weight excluding hydrogens is 274 g/mol. The van der Waals surface area contributed by atoms with Gasteiger partial charge in [0.2, 0.25) is 0 Å². The summed E-state index contributed by atoms with van der Waals surface area (Å²) in [4.78, 5) is 0. The Morgan fingerprint density at radius 3 is 2.50 bits per heavy atom. The van der Waals surface area contributed by atoms with Gasteiger partial charge in [-0.25, -0.2) is 0 Å². The second kappa shape index (κ2) is 5.50. The maximum atomic E-state index is 5.94. The number of rotatable bonds is 3. The Kier molecular flexibility index (Phi) is 3.72. The van der Waals surface area contributed by atoms with Gasteiger partial charge in [0.15, 0.2) is 5.82 Å². The van der Waals surface area contributed by atoms with Crippen molar-refractivity contribution in [1.29, 1.82) is 0 Å². The molecule has 1 aromatic carbocycles. The molecule has 1 heterocycles. The van der Waals surface area contributed by atoms with Crippen LogP contribution in [0.2, 0.25) is 5.02 Å². The van der Waals surface area contributed by atoms with E-state index in [-0.39, 0.29) is 5.54 Å². The molecule has 0 radical (unpaired) electrons. The molecule has 0 atom stereocenters. The Morgan fingerprint density at radius 2 is 1.85 bits per heavy atom. The van der Waals surface area contributed by atoms with Crippen LogP contribution in [0.3, 0.4) is 0 Å². The summed E-state index contributed by atoms with van der Waals surface area (Å²) in [6.07, 6.45) is 5.82. The zero-order valence-electron chi connectivity index (χ0n) is 11.5. The first kappa shape index (κ1) is 13.5. The van der Waals surface area contributed by atoms with Crippen molar-refractivity contribution in [3.05, 3.63) is 35.1 Å². The fraction of sp³-hybridized carbons (Fsp3) is 0.500. The van der Waals surface area contributed by atoms with Crippen LogP contribution in [0, 0.1) is 0 Å².